The van der Waals surface area contributed by atoms with Crippen molar-refractivity contribution in [1.82, 2.24) is 10.3 Å². The summed E-state index contributed by atoms with van der Waals surface area (Å²) in [5.41, 5.74) is 3.99. The Labute approximate surface area is 140 Å². The van der Waals surface area contributed by atoms with Crippen LogP contribution in [-0.4, -0.2) is 17.4 Å². The Morgan fingerprint density at radius 3 is 2.57 bits per heavy atom. The third-order valence-electron chi connectivity index (χ3n) is 3.55. The minimum atomic E-state index is -0.0384. The molecule has 0 aliphatic heterocycles. The molecule has 1 heterocycles. The molecule has 3 aromatic rings. The molecule has 1 N–H and O–H groups in total. The maximum absolute atomic E-state index is 12.0. The van der Waals surface area contributed by atoms with Gasteiger partial charge in [-0.15, -0.1) is 11.3 Å². The van der Waals surface area contributed by atoms with Gasteiger partial charge in [-0.05, 0) is 19.1 Å². The van der Waals surface area contributed by atoms with Crippen LogP contribution in [0.1, 0.15) is 21.6 Å². The second kappa shape index (κ2) is 7.20. The van der Waals surface area contributed by atoms with Gasteiger partial charge in [0.1, 0.15) is 5.01 Å². The predicted octanol–water partition coefficient (Wildman–Crippen LogP) is 4.09. The third kappa shape index (κ3) is 4.05. The SMILES string of the molecule is Cc1ccc(C(=O)NCCc2csc(-c3ccccc3)n2)cc1. The summed E-state index contributed by atoms with van der Waals surface area (Å²) < 4.78 is 0. The first kappa shape index (κ1) is 15.4. The maximum atomic E-state index is 12.0. The predicted molar refractivity (Wildman–Crippen MR) is 94.8 cm³/mol. The van der Waals surface area contributed by atoms with Crippen LogP contribution in [-0.2, 0) is 6.42 Å². The summed E-state index contributed by atoms with van der Waals surface area (Å²) in [5, 5.41) is 6.02. The second-order valence-electron chi connectivity index (χ2n) is 5.38. The summed E-state index contributed by atoms with van der Waals surface area (Å²) in [6.07, 6.45) is 0.737. The Morgan fingerprint density at radius 2 is 1.83 bits per heavy atom. The van der Waals surface area contributed by atoms with E-state index in [1.165, 1.54) is 0 Å². The van der Waals surface area contributed by atoms with Crippen molar-refractivity contribution in [2.24, 2.45) is 0 Å². The third-order valence-corrected chi connectivity index (χ3v) is 4.49. The summed E-state index contributed by atoms with van der Waals surface area (Å²) in [7, 11) is 0. The molecule has 0 radical (unpaired) electrons. The summed E-state index contributed by atoms with van der Waals surface area (Å²) in [6.45, 7) is 2.60. The first-order valence-corrected chi connectivity index (χ1v) is 8.45. The normalized spacial score (nSPS) is 10.5. The van der Waals surface area contributed by atoms with Gasteiger partial charge in [0.05, 0.1) is 5.69 Å². The van der Waals surface area contributed by atoms with Gasteiger partial charge in [0.15, 0.2) is 0 Å². The van der Waals surface area contributed by atoms with Crippen LogP contribution in [0.4, 0.5) is 0 Å². The smallest absolute Gasteiger partial charge is 0.251 e. The number of hydrogen-bond donors (Lipinski definition) is 1. The number of carbonyl (C=O) groups excluding carboxylic acids is 1. The lowest BCUT2D eigenvalue weighted by molar-refractivity contribution is 0.0954. The molecule has 3 rings (SSSR count). The zero-order chi connectivity index (χ0) is 16.1. The Morgan fingerprint density at radius 1 is 1.09 bits per heavy atom. The molecule has 1 amide bonds. The van der Waals surface area contributed by atoms with Crippen LogP contribution in [0.3, 0.4) is 0 Å². The molecule has 0 unspecified atom stereocenters. The number of aryl methyl sites for hydroxylation is 1. The van der Waals surface area contributed by atoms with Crippen LogP contribution >= 0.6 is 11.3 Å². The topological polar surface area (TPSA) is 42.0 Å². The van der Waals surface area contributed by atoms with Gasteiger partial charge in [0.2, 0.25) is 0 Å². The van der Waals surface area contributed by atoms with Crippen molar-refractivity contribution in [3.05, 3.63) is 76.8 Å². The zero-order valence-electron chi connectivity index (χ0n) is 13.0. The van der Waals surface area contributed by atoms with E-state index in [-0.39, 0.29) is 5.91 Å². The summed E-state index contributed by atoms with van der Waals surface area (Å²) in [6, 6.07) is 17.7. The van der Waals surface area contributed by atoms with E-state index in [9.17, 15) is 4.79 Å². The van der Waals surface area contributed by atoms with Gasteiger partial charge in [-0.3, -0.25) is 4.79 Å². The van der Waals surface area contributed by atoms with E-state index < -0.39 is 0 Å². The van der Waals surface area contributed by atoms with E-state index in [2.05, 4.69) is 27.8 Å². The molecule has 0 saturated heterocycles. The lowest BCUT2D eigenvalue weighted by Crippen LogP contribution is -2.25. The Bertz CT molecular complexity index is 779. The zero-order valence-corrected chi connectivity index (χ0v) is 13.8. The number of amides is 1. The standard InChI is InChI=1S/C19H18N2OS/c1-14-7-9-15(10-8-14)18(22)20-12-11-17-13-23-19(21-17)16-5-3-2-4-6-16/h2-10,13H,11-12H2,1H3,(H,20,22). The number of aromatic nitrogens is 1. The minimum Gasteiger partial charge on any atom is -0.352 e. The van der Waals surface area contributed by atoms with Gasteiger partial charge < -0.3 is 5.32 Å². The average molecular weight is 322 g/mol. The fourth-order valence-electron chi connectivity index (χ4n) is 2.25. The number of hydrogen-bond acceptors (Lipinski definition) is 3. The fraction of sp³-hybridized carbons (Fsp3) is 0.158. The Balaban J connectivity index is 1.54. The van der Waals surface area contributed by atoms with E-state index in [1.807, 2.05) is 49.4 Å². The van der Waals surface area contributed by atoms with Crippen LogP contribution in [0.5, 0.6) is 0 Å². The quantitative estimate of drug-likeness (QED) is 0.768. The van der Waals surface area contributed by atoms with Crippen molar-refractivity contribution < 1.29 is 4.79 Å². The van der Waals surface area contributed by atoms with Crippen LogP contribution in [0.2, 0.25) is 0 Å². The molecule has 0 aliphatic carbocycles. The molecule has 0 bridgehead atoms. The highest BCUT2D eigenvalue weighted by Gasteiger charge is 2.07. The molecule has 0 saturated carbocycles. The summed E-state index contributed by atoms with van der Waals surface area (Å²) >= 11 is 1.64. The molecular formula is C19H18N2OS. The van der Waals surface area contributed by atoms with Crippen LogP contribution in [0.25, 0.3) is 10.6 Å². The Kier molecular flexibility index (Phi) is 4.83. The number of carbonyl (C=O) groups is 1. The van der Waals surface area contributed by atoms with Crippen molar-refractivity contribution in [2.75, 3.05) is 6.54 Å². The van der Waals surface area contributed by atoms with Crippen LogP contribution in [0.15, 0.2) is 60.0 Å². The minimum absolute atomic E-state index is 0.0384. The Hall–Kier alpha value is -2.46. The van der Waals surface area contributed by atoms with Crippen molar-refractivity contribution in [1.29, 1.82) is 0 Å². The lowest BCUT2D eigenvalue weighted by Gasteiger charge is -2.04. The molecule has 0 aliphatic rings. The molecule has 0 fully saturated rings. The van der Waals surface area contributed by atoms with Crippen molar-refractivity contribution in [2.45, 2.75) is 13.3 Å². The number of nitrogens with zero attached hydrogens (tertiary/aromatic N) is 1. The van der Waals surface area contributed by atoms with Gasteiger partial charge in [0.25, 0.3) is 5.91 Å². The van der Waals surface area contributed by atoms with Crippen molar-refractivity contribution in [3.8, 4) is 10.6 Å². The van der Waals surface area contributed by atoms with E-state index in [0.717, 1.165) is 28.2 Å². The molecule has 0 atom stereocenters. The number of benzene rings is 2. The summed E-state index contributed by atoms with van der Waals surface area (Å²) in [4.78, 5) is 16.7. The first-order valence-electron chi connectivity index (χ1n) is 7.57. The molecule has 3 nitrogen and oxygen atoms in total. The highest BCUT2D eigenvalue weighted by molar-refractivity contribution is 7.13. The average Bonchev–Trinajstić information content (AvgIpc) is 3.05. The van der Waals surface area contributed by atoms with Crippen LogP contribution in [0, 0.1) is 6.92 Å². The number of nitrogens with one attached hydrogen (secondary N) is 1. The molecule has 116 valence electrons. The van der Waals surface area contributed by atoms with Crippen LogP contribution < -0.4 is 5.32 Å². The maximum Gasteiger partial charge on any atom is 0.251 e. The van der Waals surface area contributed by atoms with E-state index in [4.69, 9.17) is 0 Å². The second-order valence-corrected chi connectivity index (χ2v) is 6.24. The molecule has 1 aromatic heterocycles. The molecule has 4 heteroatoms. The monoisotopic (exact) mass is 322 g/mol. The van der Waals surface area contributed by atoms with Gasteiger partial charge in [0, 0.05) is 29.5 Å². The molecule has 2 aromatic carbocycles. The van der Waals surface area contributed by atoms with Crippen molar-refractivity contribution >= 4 is 17.2 Å². The van der Waals surface area contributed by atoms with E-state index >= 15 is 0 Å². The largest absolute Gasteiger partial charge is 0.352 e. The molecule has 23 heavy (non-hydrogen) atoms. The van der Waals surface area contributed by atoms with E-state index in [0.29, 0.717) is 12.1 Å². The number of rotatable bonds is 5. The van der Waals surface area contributed by atoms with Gasteiger partial charge >= 0.3 is 0 Å². The van der Waals surface area contributed by atoms with Crippen molar-refractivity contribution in [3.63, 3.8) is 0 Å². The summed E-state index contributed by atoms with van der Waals surface area (Å²) in [5.74, 6) is -0.0384. The first-order chi connectivity index (χ1) is 11.2. The molecular weight excluding hydrogens is 304 g/mol. The van der Waals surface area contributed by atoms with Gasteiger partial charge in [-0.25, -0.2) is 4.98 Å². The van der Waals surface area contributed by atoms with Gasteiger partial charge in [-0.1, -0.05) is 48.0 Å². The molecule has 0 spiro atoms. The number of thiazole rings is 1. The lowest BCUT2D eigenvalue weighted by atomic mass is 10.1. The van der Waals surface area contributed by atoms with E-state index in [1.54, 1.807) is 11.3 Å². The van der Waals surface area contributed by atoms with Gasteiger partial charge in [-0.2, -0.15) is 0 Å². The highest BCUT2D eigenvalue weighted by atomic mass is 32.1. The fourth-order valence-corrected chi connectivity index (χ4v) is 3.11. The highest BCUT2D eigenvalue weighted by Crippen LogP contribution is 2.23.